The Kier molecular flexibility index (Phi) is 14.9. The summed E-state index contributed by atoms with van der Waals surface area (Å²) < 4.78 is 16.6. The molecule has 1 aromatic rings. The molecule has 0 aromatic heterocycles. The summed E-state index contributed by atoms with van der Waals surface area (Å²) >= 11 is 0. The van der Waals surface area contributed by atoms with Gasteiger partial charge in [0.2, 0.25) is 5.78 Å². The van der Waals surface area contributed by atoms with Crippen molar-refractivity contribution in [2.75, 3.05) is 6.61 Å². The number of carbonyl (C=O) groups excluding carboxylic acids is 3. The number of benzene rings is 1. The van der Waals surface area contributed by atoms with Gasteiger partial charge in [0, 0.05) is 12.0 Å². The van der Waals surface area contributed by atoms with Crippen molar-refractivity contribution in [3.63, 3.8) is 0 Å². The van der Waals surface area contributed by atoms with Gasteiger partial charge in [0.25, 0.3) is 0 Å². The molecule has 0 heterocycles. The van der Waals surface area contributed by atoms with Crippen LogP contribution in [0.5, 0.6) is 0 Å². The Labute approximate surface area is 247 Å². The van der Waals surface area contributed by atoms with E-state index in [0.29, 0.717) is 24.3 Å². The summed E-state index contributed by atoms with van der Waals surface area (Å²) in [5.41, 5.74) is 3.21. The number of ether oxygens (including phenoxy) is 3. The molecule has 0 fully saturated rings. The SMILES string of the molecule is CCCCCCCC(CCC(=O)OC(C)C(=O)c1ccccc1)OC(=O)OC/C(=C/CC1CC=C(C)C1(C)C)CC. The molecule has 1 aliphatic carbocycles. The van der Waals surface area contributed by atoms with E-state index in [1.165, 1.54) is 12.0 Å². The molecule has 0 amide bonds. The molecule has 0 aliphatic heterocycles. The molecule has 0 N–H and O–H groups in total. The van der Waals surface area contributed by atoms with Gasteiger partial charge in [-0.1, -0.05) is 101 Å². The van der Waals surface area contributed by atoms with Crippen molar-refractivity contribution in [2.45, 2.75) is 124 Å². The first-order valence-electron chi connectivity index (χ1n) is 15.6. The zero-order chi connectivity index (χ0) is 30.3. The fraction of sp³-hybridized carbons (Fsp3) is 0.629. The number of rotatable bonds is 18. The highest BCUT2D eigenvalue weighted by Crippen LogP contribution is 2.44. The summed E-state index contributed by atoms with van der Waals surface area (Å²) in [6.45, 7) is 12.8. The Morgan fingerprint density at radius 2 is 1.71 bits per heavy atom. The average molecular weight is 569 g/mol. The first-order valence-corrected chi connectivity index (χ1v) is 15.6. The molecule has 0 spiro atoms. The molecule has 0 bridgehead atoms. The van der Waals surface area contributed by atoms with E-state index >= 15 is 0 Å². The Hall–Kier alpha value is -2.89. The van der Waals surface area contributed by atoms with Gasteiger partial charge in [0.1, 0.15) is 12.7 Å². The Morgan fingerprint density at radius 1 is 1.00 bits per heavy atom. The van der Waals surface area contributed by atoms with Crippen molar-refractivity contribution in [3.8, 4) is 0 Å². The van der Waals surface area contributed by atoms with E-state index in [1.807, 2.05) is 6.07 Å². The highest BCUT2D eigenvalue weighted by molar-refractivity contribution is 6.00. The predicted octanol–water partition coefficient (Wildman–Crippen LogP) is 9.18. The van der Waals surface area contributed by atoms with Crippen molar-refractivity contribution in [2.24, 2.45) is 11.3 Å². The van der Waals surface area contributed by atoms with Crippen LogP contribution in [0.4, 0.5) is 4.79 Å². The highest BCUT2D eigenvalue weighted by Gasteiger charge is 2.34. The van der Waals surface area contributed by atoms with Crippen LogP contribution in [0.1, 0.15) is 123 Å². The first-order chi connectivity index (χ1) is 19.6. The summed E-state index contributed by atoms with van der Waals surface area (Å²) in [5.74, 6) is -0.169. The minimum atomic E-state index is -0.878. The maximum Gasteiger partial charge on any atom is 0.508 e. The maximum atomic E-state index is 12.6. The number of Topliss-reactive ketones (excluding diaryl/α,β-unsaturated/α-hetero) is 1. The third-order valence-electron chi connectivity index (χ3n) is 8.56. The molecule has 6 nitrogen and oxygen atoms in total. The second-order valence-corrected chi connectivity index (χ2v) is 11.9. The van der Waals surface area contributed by atoms with E-state index in [9.17, 15) is 14.4 Å². The molecule has 41 heavy (non-hydrogen) atoms. The van der Waals surface area contributed by atoms with Gasteiger partial charge in [0.15, 0.2) is 6.10 Å². The quantitative estimate of drug-likeness (QED) is 0.0760. The molecular formula is C35H52O6. The van der Waals surface area contributed by atoms with E-state index in [-0.39, 0.29) is 24.2 Å². The number of allylic oxidation sites excluding steroid dienone is 3. The standard InChI is InChI=1S/C35H52O6/c1-7-9-10-11-15-18-31(23-24-32(36)40-27(4)33(37)29-16-13-12-14-17-29)41-34(38)39-25-28(8-2)20-22-30-21-19-26(3)35(30,5)6/h12-14,16-17,19-20,27,30-31H,7-11,15,18,21-25H2,1-6H3/b28-20+. The first kappa shape index (κ1) is 34.3. The van der Waals surface area contributed by atoms with Gasteiger partial charge in [-0.05, 0) is 69.3 Å². The minimum Gasteiger partial charge on any atom is -0.454 e. The largest absolute Gasteiger partial charge is 0.508 e. The van der Waals surface area contributed by atoms with E-state index < -0.39 is 24.3 Å². The number of hydrogen-bond acceptors (Lipinski definition) is 6. The van der Waals surface area contributed by atoms with Crippen LogP contribution in [0.3, 0.4) is 0 Å². The van der Waals surface area contributed by atoms with Gasteiger partial charge in [-0.2, -0.15) is 0 Å². The summed E-state index contributed by atoms with van der Waals surface area (Å²) in [7, 11) is 0. The zero-order valence-corrected chi connectivity index (χ0v) is 26.2. The third-order valence-corrected chi connectivity index (χ3v) is 8.56. The summed E-state index contributed by atoms with van der Waals surface area (Å²) in [4.78, 5) is 37.7. The van der Waals surface area contributed by atoms with Crippen LogP contribution >= 0.6 is 0 Å². The van der Waals surface area contributed by atoms with Crippen LogP contribution in [0.2, 0.25) is 0 Å². The van der Waals surface area contributed by atoms with Crippen molar-refractivity contribution in [1.29, 1.82) is 0 Å². The second kappa shape index (κ2) is 17.8. The zero-order valence-electron chi connectivity index (χ0n) is 26.2. The van der Waals surface area contributed by atoms with Crippen LogP contribution in [0.25, 0.3) is 0 Å². The molecular weight excluding hydrogens is 516 g/mol. The summed E-state index contributed by atoms with van der Waals surface area (Å²) in [6.07, 6.45) is 11.8. The lowest BCUT2D eigenvalue weighted by molar-refractivity contribution is -0.147. The van der Waals surface area contributed by atoms with Crippen LogP contribution in [-0.2, 0) is 19.0 Å². The molecule has 3 unspecified atom stereocenters. The Bertz CT molecular complexity index is 1020. The van der Waals surface area contributed by atoms with Crippen molar-refractivity contribution >= 4 is 17.9 Å². The van der Waals surface area contributed by atoms with Gasteiger partial charge < -0.3 is 14.2 Å². The number of hydrogen-bond donors (Lipinski definition) is 0. The molecule has 0 saturated carbocycles. The van der Waals surface area contributed by atoms with Gasteiger partial charge in [0.05, 0.1) is 0 Å². The molecule has 0 saturated heterocycles. The van der Waals surface area contributed by atoms with E-state index in [2.05, 4.69) is 46.8 Å². The van der Waals surface area contributed by atoms with Crippen LogP contribution in [0, 0.1) is 11.3 Å². The predicted molar refractivity (Wildman–Crippen MR) is 164 cm³/mol. The lowest BCUT2D eigenvalue weighted by Crippen LogP contribution is -2.26. The molecule has 0 radical (unpaired) electrons. The average Bonchev–Trinajstić information content (AvgIpc) is 3.22. The fourth-order valence-corrected chi connectivity index (χ4v) is 5.19. The fourth-order valence-electron chi connectivity index (χ4n) is 5.19. The van der Waals surface area contributed by atoms with E-state index in [0.717, 1.165) is 50.5 Å². The topological polar surface area (TPSA) is 78.9 Å². The molecule has 2 rings (SSSR count). The van der Waals surface area contributed by atoms with E-state index in [1.54, 1.807) is 31.2 Å². The van der Waals surface area contributed by atoms with Gasteiger partial charge in [-0.3, -0.25) is 9.59 Å². The molecule has 6 heteroatoms. The summed E-state index contributed by atoms with van der Waals surface area (Å²) in [6, 6.07) is 8.78. The lowest BCUT2D eigenvalue weighted by Gasteiger charge is -2.29. The monoisotopic (exact) mass is 568 g/mol. The van der Waals surface area contributed by atoms with Crippen LogP contribution in [-0.4, -0.2) is 36.7 Å². The van der Waals surface area contributed by atoms with Crippen molar-refractivity contribution in [1.82, 2.24) is 0 Å². The number of esters is 1. The van der Waals surface area contributed by atoms with Crippen molar-refractivity contribution in [3.05, 3.63) is 59.2 Å². The van der Waals surface area contributed by atoms with Gasteiger partial charge in [-0.25, -0.2) is 4.79 Å². The van der Waals surface area contributed by atoms with Gasteiger partial charge >= 0.3 is 12.1 Å². The summed E-state index contributed by atoms with van der Waals surface area (Å²) in [5, 5.41) is 0. The molecule has 3 atom stereocenters. The van der Waals surface area contributed by atoms with Crippen molar-refractivity contribution < 1.29 is 28.6 Å². The molecule has 1 aliphatic rings. The van der Waals surface area contributed by atoms with Crippen LogP contribution in [0.15, 0.2) is 53.6 Å². The second-order valence-electron chi connectivity index (χ2n) is 11.9. The molecule has 228 valence electrons. The third kappa shape index (κ3) is 11.9. The number of carbonyl (C=O) groups is 3. The Balaban J connectivity index is 1.86. The van der Waals surface area contributed by atoms with E-state index in [4.69, 9.17) is 14.2 Å². The van der Waals surface area contributed by atoms with Gasteiger partial charge in [-0.15, -0.1) is 0 Å². The smallest absolute Gasteiger partial charge is 0.454 e. The maximum absolute atomic E-state index is 12.6. The molecule has 1 aromatic carbocycles. The van der Waals surface area contributed by atoms with Crippen LogP contribution < -0.4 is 0 Å². The number of ketones is 1. The normalized spacial score (nSPS) is 17.9. The lowest BCUT2D eigenvalue weighted by atomic mass is 9.76. The highest BCUT2D eigenvalue weighted by atomic mass is 16.7. The number of unbranched alkanes of at least 4 members (excludes halogenated alkanes) is 4. The minimum absolute atomic E-state index is 0.0596. The Morgan fingerprint density at radius 3 is 2.34 bits per heavy atom.